The number of rotatable bonds is 2. The summed E-state index contributed by atoms with van der Waals surface area (Å²) in [7, 11) is 0. The van der Waals surface area contributed by atoms with Gasteiger partial charge in [0.1, 0.15) is 17.4 Å². The van der Waals surface area contributed by atoms with E-state index in [1.807, 2.05) is 12.1 Å². The average Bonchev–Trinajstić information content (AvgIpc) is 2.99. The van der Waals surface area contributed by atoms with Gasteiger partial charge in [0.15, 0.2) is 0 Å². The molecule has 0 atom stereocenters. The van der Waals surface area contributed by atoms with Crippen LogP contribution in [0.25, 0.3) is 5.52 Å². The molecule has 0 unspecified atom stereocenters. The fraction of sp³-hybridized carbons (Fsp3) is 0.333. The molecule has 4 nitrogen and oxygen atoms in total. The first-order chi connectivity index (χ1) is 7.68. The molecule has 0 bridgehead atoms. The summed E-state index contributed by atoms with van der Waals surface area (Å²) >= 11 is 0. The van der Waals surface area contributed by atoms with E-state index in [0.717, 1.165) is 17.0 Å². The van der Waals surface area contributed by atoms with Crippen molar-refractivity contribution in [2.45, 2.75) is 25.7 Å². The number of nitrogens with zero attached hydrogens (tertiary/aromatic N) is 2. The Morgan fingerprint density at radius 3 is 2.88 bits per heavy atom. The maximum atomic E-state index is 7.56. The first-order valence-corrected chi connectivity index (χ1v) is 5.51. The second kappa shape index (κ2) is 3.07. The summed E-state index contributed by atoms with van der Waals surface area (Å²) < 4.78 is 2.13. The second-order valence-corrected chi connectivity index (χ2v) is 4.39. The zero-order chi connectivity index (χ0) is 11.3. The molecule has 0 spiro atoms. The standard InChI is InChI=1S/C12H14N4/c1-7-3-2-4-9-10(11(13)14)15-12(16(7)9)8-5-6-8/h2-4,8H,5-6H2,1H3,(H3,13,14). The number of hydrogen-bond acceptors (Lipinski definition) is 2. The Morgan fingerprint density at radius 2 is 2.25 bits per heavy atom. The van der Waals surface area contributed by atoms with Crippen LogP contribution in [-0.2, 0) is 0 Å². The van der Waals surface area contributed by atoms with E-state index in [-0.39, 0.29) is 5.84 Å². The van der Waals surface area contributed by atoms with Gasteiger partial charge >= 0.3 is 0 Å². The van der Waals surface area contributed by atoms with E-state index >= 15 is 0 Å². The van der Waals surface area contributed by atoms with Crippen LogP contribution in [0.3, 0.4) is 0 Å². The van der Waals surface area contributed by atoms with E-state index < -0.39 is 0 Å². The highest BCUT2D eigenvalue weighted by Gasteiger charge is 2.30. The molecule has 3 rings (SSSR count). The summed E-state index contributed by atoms with van der Waals surface area (Å²) in [4.78, 5) is 4.53. The summed E-state index contributed by atoms with van der Waals surface area (Å²) in [6.45, 7) is 2.06. The van der Waals surface area contributed by atoms with Gasteiger partial charge in [-0.25, -0.2) is 4.98 Å². The number of aryl methyl sites for hydroxylation is 1. The van der Waals surface area contributed by atoms with Gasteiger partial charge in [-0.1, -0.05) is 6.07 Å². The van der Waals surface area contributed by atoms with E-state index in [9.17, 15) is 0 Å². The first kappa shape index (κ1) is 9.39. The Hall–Kier alpha value is -1.84. The van der Waals surface area contributed by atoms with Crippen LogP contribution in [-0.4, -0.2) is 15.2 Å². The topological polar surface area (TPSA) is 67.2 Å². The van der Waals surface area contributed by atoms with Gasteiger partial charge < -0.3 is 5.73 Å². The monoisotopic (exact) mass is 214 g/mol. The number of aromatic nitrogens is 2. The molecular weight excluding hydrogens is 200 g/mol. The molecule has 0 saturated heterocycles. The van der Waals surface area contributed by atoms with Crippen LogP contribution < -0.4 is 5.73 Å². The molecule has 1 saturated carbocycles. The highest BCUT2D eigenvalue weighted by Crippen LogP contribution is 2.40. The van der Waals surface area contributed by atoms with Crippen LogP contribution in [0.1, 0.15) is 36.0 Å². The first-order valence-electron chi connectivity index (χ1n) is 5.51. The molecule has 2 aromatic rings. The summed E-state index contributed by atoms with van der Waals surface area (Å²) in [5, 5.41) is 7.56. The van der Waals surface area contributed by atoms with Crippen molar-refractivity contribution in [3.63, 3.8) is 0 Å². The Kier molecular flexibility index (Phi) is 1.80. The van der Waals surface area contributed by atoms with E-state index in [2.05, 4.69) is 22.4 Å². The lowest BCUT2D eigenvalue weighted by atomic mass is 10.3. The van der Waals surface area contributed by atoms with Crippen LogP contribution in [0.2, 0.25) is 0 Å². The number of imidazole rings is 1. The lowest BCUT2D eigenvalue weighted by Gasteiger charge is -2.03. The second-order valence-electron chi connectivity index (χ2n) is 4.39. The van der Waals surface area contributed by atoms with Gasteiger partial charge in [-0.15, -0.1) is 0 Å². The third kappa shape index (κ3) is 1.23. The van der Waals surface area contributed by atoms with Crippen molar-refractivity contribution >= 4 is 11.4 Å². The Bertz CT molecular complexity index is 578. The molecule has 82 valence electrons. The van der Waals surface area contributed by atoms with Crippen molar-refractivity contribution in [3.8, 4) is 0 Å². The molecule has 1 aliphatic carbocycles. The maximum Gasteiger partial charge on any atom is 0.144 e. The number of nitrogen functional groups attached to an aromatic ring is 1. The molecule has 1 aliphatic rings. The van der Waals surface area contributed by atoms with Crippen molar-refractivity contribution in [2.24, 2.45) is 5.73 Å². The van der Waals surface area contributed by atoms with Gasteiger partial charge in [-0.05, 0) is 31.9 Å². The van der Waals surface area contributed by atoms with Crippen molar-refractivity contribution in [3.05, 3.63) is 35.4 Å². The van der Waals surface area contributed by atoms with Gasteiger partial charge in [0.2, 0.25) is 0 Å². The zero-order valence-electron chi connectivity index (χ0n) is 9.20. The minimum atomic E-state index is 0.0509. The van der Waals surface area contributed by atoms with Crippen molar-refractivity contribution in [1.29, 1.82) is 5.41 Å². The van der Waals surface area contributed by atoms with Crippen LogP contribution >= 0.6 is 0 Å². The molecule has 2 aromatic heterocycles. The summed E-state index contributed by atoms with van der Waals surface area (Å²) in [5.41, 5.74) is 8.29. The van der Waals surface area contributed by atoms with E-state index in [1.165, 1.54) is 12.8 Å². The van der Waals surface area contributed by atoms with Crippen molar-refractivity contribution < 1.29 is 0 Å². The van der Waals surface area contributed by atoms with Gasteiger partial charge in [0.05, 0.1) is 5.52 Å². The minimum absolute atomic E-state index is 0.0509. The van der Waals surface area contributed by atoms with Gasteiger partial charge in [-0.3, -0.25) is 9.81 Å². The summed E-state index contributed by atoms with van der Waals surface area (Å²) in [6, 6.07) is 6.02. The molecule has 1 fully saturated rings. The predicted molar refractivity (Wildman–Crippen MR) is 62.9 cm³/mol. The molecule has 4 heteroatoms. The highest BCUT2D eigenvalue weighted by atomic mass is 15.1. The Labute approximate surface area is 93.6 Å². The van der Waals surface area contributed by atoms with Crippen LogP contribution in [0, 0.1) is 12.3 Å². The number of nitrogens with two attached hydrogens (primary N) is 1. The highest BCUT2D eigenvalue weighted by molar-refractivity contribution is 5.99. The smallest absolute Gasteiger partial charge is 0.144 e. The number of fused-ring (bicyclic) bond motifs is 1. The third-order valence-electron chi connectivity index (χ3n) is 3.08. The summed E-state index contributed by atoms with van der Waals surface area (Å²) in [5.74, 6) is 1.68. The number of amidine groups is 1. The number of nitrogens with one attached hydrogen (secondary N) is 1. The van der Waals surface area contributed by atoms with Crippen LogP contribution in [0.4, 0.5) is 0 Å². The van der Waals surface area contributed by atoms with Crippen molar-refractivity contribution in [2.75, 3.05) is 0 Å². The SMILES string of the molecule is Cc1cccc2c(C(=N)N)nc(C3CC3)n12. The fourth-order valence-corrected chi connectivity index (χ4v) is 2.14. The molecule has 2 heterocycles. The Balaban J connectivity index is 2.37. The predicted octanol–water partition coefficient (Wildman–Crippen LogP) is 1.80. The molecule has 16 heavy (non-hydrogen) atoms. The molecule has 0 aromatic carbocycles. The quantitative estimate of drug-likeness (QED) is 0.591. The Morgan fingerprint density at radius 1 is 1.50 bits per heavy atom. The van der Waals surface area contributed by atoms with E-state index in [1.54, 1.807) is 0 Å². The van der Waals surface area contributed by atoms with E-state index in [0.29, 0.717) is 11.6 Å². The maximum absolute atomic E-state index is 7.56. The average molecular weight is 214 g/mol. The molecule has 0 aliphatic heterocycles. The molecular formula is C12H14N4. The molecule has 3 N–H and O–H groups in total. The number of hydrogen-bond donors (Lipinski definition) is 2. The lowest BCUT2D eigenvalue weighted by Crippen LogP contribution is -2.12. The van der Waals surface area contributed by atoms with E-state index in [4.69, 9.17) is 11.1 Å². The van der Waals surface area contributed by atoms with Gasteiger partial charge in [0, 0.05) is 11.6 Å². The lowest BCUT2D eigenvalue weighted by molar-refractivity contribution is 0.896. The molecule has 0 amide bonds. The van der Waals surface area contributed by atoms with Crippen molar-refractivity contribution in [1.82, 2.24) is 9.38 Å². The summed E-state index contributed by atoms with van der Waals surface area (Å²) in [6.07, 6.45) is 2.40. The van der Waals surface area contributed by atoms with Gasteiger partial charge in [0.25, 0.3) is 0 Å². The fourth-order valence-electron chi connectivity index (χ4n) is 2.14. The van der Waals surface area contributed by atoms with Gasteiger partial charge in [-0.2, -0.15) is 0 Å². The normalized spacial score (nSPS) is 15.6. The minimum Gasteiger partial charge on any atom is -0.382 e. The molecule has 0 radical (unpaired) electrons. The largest absolute Gasteiger partial charge is 0.382 e. The number of pyridine rings is 1. The van der Waals surface area contributed by atoms with Crippen LogP contribution in [0.15, 0.2) is 18.2 Å². The van der Waals surface area contributed by atoms with Crippen LogP contribution in [0.5, 0.6) is 0 Å². The zero-order valence-corrected chi connectivity index (χ0v) is 9.20. The third-order valence-corrected chi connectivity index (χ3v) is 3.08.